The Morgan fingerprint density at radius 3 is 2.53 bits per heavy atom. The van der Waals surface area contributed by atoms with Gasteiger partial charge in [0, 0.05) is 32.6 Å². The van der Waals surface area contributed by atoms with Gasteiger partial charge >= 0.3 is 0 Å². The molecule has 0 amide bonds. The maximum absolute atomic E-state index is 8.62. The van der Waals surface area contributed by atoms with Crippen LogP contribution in [0, 0.1) is 0 Å². The number of azide groups is 1. The molecule has 97 valence electrons. The van der Waals surface area contributed by atoms with E-state index in [9.17, 15) is 0 Å². The van der Waals surface area contributed by atoms with Crippen LogP contribution in [-0.4, -0.2) is 9.97 Å². The molecule has 0 aliphatic rings. The summed E-state index contributed by atoms with van der Waals surface area (Å²) in [6.45, 7) is 3.59. The highest BCUT2D eigenvalue weighted by atomic mass is 35.5. The van der Waals surface area contributed by atoms with Crippen LogP contribution in [0.1, 0.15) is 19.4 Å². The smallest absolute Gasteiger partial charge is 0.138 e. The first-order valence-corrected chi connectivity index (χ1v) is 5.88. The van der Waals surface area contributed by atoms with Crippen LogP contribution in [0.15, 0.2) is 23.6 Å². The fourth-order valence-corrected chi connectivity index (χ4v) is 2.09. The fourth-order valence-electron chi connectivity index (χ4n) is 1.73. The van der Waals surface area contributed by atoms with Gasteiger partial charge in [0.1, 0.15) is 10.3 Å². The minimum atomic E-state index is -0.741. The van der Waals surface area contributed by atoms with Crippen LogP contribution in [0.25, 0.3) is 21.2 Å². The van der Waals surface area contributed by atoms with Crippen molar-refractivity contribution in [3.63, 3.8) is 0 Å². The van der Waals surface area contributed by atoms with Crippen LogP contribution in [-0.2, 0) is 5.54 Å². The lowest BCUT2D eigenvalue weighted by atomic mass is 9.93. The van der Waals surface area contributed by atoms with Crippen molar-refractivity contribution in [3.05, 3.63) is 44.8 Å². The van der Waals surface area contributed by atoms with Gasteiger partial charge in [0.2, 0.25) is 0 Å². The van der Waals surface area contributed by atoms with E-state index in [0.717, 1.165) is 10.9 Å². The van der Waals surface area contributed by atoms with E-state index in [1.165, 1.54) is 0 Å². The molecule has 8 heteroatoms. The number of hydrogen-bond acceptors (Lipinski definition) is 3. The average molecular weight is 313 g/mol. The zero-order valence-electron chi connectivity index (χ0n) is 10.2. The molecule has 0 saturated heterocycles. The molecular weight excluding hydrogens is 304 g/mol. The van der Waals surface area contributed by atoms with Gasteiger partial charge in [0.25, 0.3) is 0 Å². The van der Waals surface area contributed by atoms with Crippen LogP contribution in [0.3, 0.4) is 0 Å². The number of hydrogen-bond donors (Lipinski definition) is 0. The summed E-state index contributed by atoms with van der Waals surface area (Å²) in [7, 11) is 0. The van der Waals surface area contributed by atoms with Crippen molar-refractivity contribution in [3.8, 4) is 0 Å². The number of fused-ring (bicyclic) bond motifs is 1. The zero-order chi connectivity index (χ0) is 13.3. The van der Waals surface area contributed by atoms with Crippen LogP contribution < -0.4 is 0 Å². The monoisotopic (exact) mass is 312 g/mol. The van der Waals surface area contributed by atoms with Crippen molar-refractivity contribution < 1.29 is 0 Å². The van der Waals surface area contributed by atoms with Crippen molar-refractivity contribution in [2.45, 2.75) is 19.4 Å². The van der Waals surface area contributed by atoms with Gasteiger partial charge in [0.15, 0.2) is 0 Å². The van der Waals surface area contributed by atoms with Crippen molar-refractivity contribution in [2.24, 2.45) is 5.11 Å². The van der Waals surface area contributed by atoms with E-state index >= 15 is 0 Å². The number of rotatable bonds is 2. The van der Waals surface area contributed by atoms with E-state index in [1.54, 1.807) is 32.3 Å². The zero-order valence-corrected chi connectivity index (χ0v) is 12.6. The lowest BCUT2D eigenvalue weighted by Gasteiger charge is -2.20. The van der Waals surface area contributed by atoms with E-state index in [2.05, 4.69) is 20.0 Å². The van der Waals surface area contributed by atoms with Crippen molar-refractivity contribution in [2.75, 3.05) is 0 Å². The quantitative estimate of drug-likeness (QED) is 0.246. The summed E-state index contributed by atoms with van der Waals surface area (Å²) in [5.41, 5.74) is 8.63. The fraction of sp³-hybridized carbons (Fsp3) is 0.273. The second kappa shape index (κ2) is 5.89. The summed E-state index contributed by atoms with van der Waals surface area (Å²) in [5.74, 6) is 0. The summed E-state index contributed by atoms with van der Waals surface area (Å²) in [6.07, 6.45) is 3.15. The third-order valence-corrected chi connectivity index (χ3v) is 3.15. The highest BCUT2D eigenvalue weighted by Crippen LogP contribution is 2.34. The molecule has 2 aromatic heterocycles. The molecule has 2 aromatic rings. The lowest BCUT2D eigenvalue weighted by molar-refractivity contribution is 0.553. The van der Waals surface area contributed by atoms with Gasteiger partial charge in [-0.1, -0.05) is 42.2 Å². The maximum atomic E-state index is 8.62. The molecule has 0 bridgehead atoms. The van der Waals surface area contributed by atoms with Gasteiger partial charge in [0.05, 0.1) is 5.54 Å². The molecule has 0 saturated carbocycles. The van der Waals surface area contributed by atoms with Gasteiger partial charge in [-0.05, 0) is 22.5 Å². The summed E-state index contributed by atoms with van der Waals surface area (Å²) in [4.78, 5) is 10.9. The van der Waals surface area contributed by atoms with Gasteiger partial charge in [-0.2, -0.15) is 0 Å². The second-order valence-corrected chi connectivity index (χ2v) is 5.01. The van der Waals surface area contributed by atoms with E-state index < -0.39 is 5.54 Å². The molecule has 2 rings (SSSR count). The Hall–Kier alpha value is -1.12. The summed E-state index contributed by atoms with van der Waals surface area (Å²) in [6, 6.07) is 1.69. The van der Waals surface area contributed by atoms with Crippen LogP contribution in [0.5, 0.6) is 0 Å². The largest absolute Gasteiger partial charge is 0.244 e. The Morgan fingerprint density at radius 1 is 1.21 bits per heavy atom. The van der Waals surface area contributed by atoms with Crippen molar-refractivity contribution in [1.29, 1.82) is 0 Å². The molecule has 0 fully saturated rings. The summed E-state index contributed by atoms with van der Waals surface area (Å²) in [5, 5.41) is 5.93. The second-order valence-electron chi connectivity index (χ2n) is 4.26. The van der Waals surface area contributed by atoms with Crippen LogP contribution in [0.4, 0.5) is 0 Å². The number of pyridine rings is 2. The SMILES string of the molecule is CC(C)(N=[N+]=[N-])c1cnc(Cl)c2cnc(Cl)cc12.[P]. The van der Waals surface area contributed by atoms with Gasteiger partial charge < -0.3 is 0 Å². The Bertz CT molecular complexity index is 667. The predicted molar refractivity (Wildman–Crippen MR) is 78.7 cm³/mol. The van der Waals surface area contributed by atoms with E-state index in [-0.39, 0.29) is 9.90 Å². The standard InChI is InChI=1S/C11H9Cl2N5.P/c1-11(2,17-18-14)8-5-16-10(13)7-4-15-9(12)3-6(7)8;/h3-5H,1-2H3;. The average Bonchev–Trinajstić information content (AvgIpc) is 2.28. The molecule has 3 radical (unpaired) electrons. The number of halogens is 2. The van der Waals surface area contributed by atoms with Crippen LogP contribution in [0.2, 0.25) is 10.3 Å². The third-order valence-electron chi connectivity index (χ3n) is 2.64. The van der Waals surface area contributed by atoms with Gasteiger partial charge in [-0.25, -0.2) is 9.97 Å². The van der Waals surface area contributed by atoms with Gasteiger partial charge in [-0.3, -0.25) is 0 Å². The molecule has 0 unspecified atom stereocenters. The normalized spacial score (nSPS) is 10.7. The number of aromatic nitrogens is 2. The molecular formula is C11H9Cl2N5P. The highest BCUT2D eigenvalue weighted by molar-refractivity contribution is 6.92. The van der Waals surface area contributed by atoms with Crippen molar-refractivity contribution in [1.82, 2.24) is 9.97 Å². The molecule has 0 N–H and O–H groups in total. The summed E-state index contributed by atoms with van der Waals surface area (Å²) < 4.78 is 0. The molecule has 0 aliphatic carbocycles. The Balaban J connectivity index is 0.00000180. The molecule has 5 nitrogen and oxygen atoms in total. The van der Waals surface area contributed by atoms with Crippen molar-refractivity contribution >= 4 is 43.9 Å². The number of nitrogens with zero attached hydrogens (tertiary/aromatic N) is 5. The molecule has 2 heterocycles. The topological polar surface area (TPSA) is 74.5 Å². The molecule has 0 atom stereocenters. The lowest BCUT2D eigenvalue weighted by Crippen LogP contribution is -2.14. The maximum Gasteiger partial charge on any atom is 0.138 e. The highest BCUT2D eigenvalue weighted by Gasteiger charge is 2.23. The predicted octanol–water partition coefficient (Wildman–Crippen LogP) is 5.34. The van der Waals surface area contributed by atoms with Crippen LogP contribution >= 0.6 is 33.1 Å². The van der Waals surface area contributed by atoms with Gasteiger partial charge in [-0.15, -0.1) is 0 Å². The first kappa shape index (κ1) is 15.9. The van der Waals surface area contributed by atoms with E-state index in [0.29, 0.717) is 15.7 Å². The first-order chi connectivity index (χ1) is 8.45. The molecule has 0 spiro atoms. The summed E-state index contributed by atoms with van der Waals surface area (Å²) >= 11 is 11.9. The molecule has 19 heavy (non-hydrogen) atoms. The van der Waals surface area contributed by atoms with E-state index in [4.69, 9.17) is 28.7 Å². The Kier molecular flexibility index (Phi) is 4.94. The molecule has 0 aromatic carbocycles. The Labute approximate surface area is 123 Å². The Morgan fingerprint density at radius 2 is 1.89 bits per heavy atom. The molecule has 0 aliphatic heterocycles. The third kappa shape index (κ3) is 3.07. The minimum Gasteiger partial charge on any atom is -0.244 e. The minimum absolute atomic E-state index is 0. The van der Waals surface area contributed by atoms with E-state index in [1.807, 2.05) is 0 Å². The first-order valence-electron chi connectivity index (χ1n) is 5.12.